The summed E-state index contributed by atoms with van der Waals surface area (Å²) in [5.41, 5.74) is 2.07. The average molecular weight is 425 g/mol. The first-order valence-corrected chi connectivity index (χ1v) is 10.1. The van der Waals surface area contributed by atoms with Gasteiger partial charge in [0.1, 0.15) is 11.0 Å². The first-order valence-electron chi connectivity index (χ1n) is 9.38. The van der Waals surface area contributed by atoms with Crippen LogP contribution in [0, 0.1) is 0 Å². The molecule has 0 unspecified atom stereocenters. The molecule has 28 heavy (non-hydrogen) atoms. The number of nitrogens with one attached hydrogen (secondary N) is 2. The Balaban J connectivity index is 1.70. The van der Waals surface area contributed by atoms with Crippen molar-refractivity contribution < 1.29 is 4.74 Å². The lowest BCUT2D eigenvalue weighted by Crippen LogP contribution is -2.38. The van der Waals surface area contributed by atoms with E-state index >= 15 is 0 Å². The van der Waals surface area contributed by atoms with Crippen molar-refractivity contribution in [3.05, 3.63) is 45.8 Å². The lowest BCUT2D eigenvalue weighted by Gasteiger charge is -2.29. The fourth-order valence-electron chi connectivity index (χ4n) is 3.05. The van der Waals surface area contributed by atoms with E-state index in [2.05, 4.69) is 26.6 Å². The van der Waals surface area contributed by atoms with E-state index in [-0.39, 0.29) is 0 Å². The van der Waals surface area contributed by atoms with E-state index in [0.717, 1.165) is 55.9 Å². The van der Waals surface area contributed by atoms with E-state index in [0.29, 0.717) is 23.3 Å². The molecule has 2 N–H and O–H groups in total. The molecule has 0 aliphatic carbocycles. The average Bonchev–Trinajstić information content (AvgIpc) is 2.97. The lowest BCUT2D eigenvalue weighted by atomic mass is 10.2. The SMILES string of the molecule is CCNC(=NCc1cccnc1N1CCOCC1)NCc1cc(Cl)c(Cl)n1C. The molecule has 152 valence electrons. The molecule has 0 bridgehead atoms. The zero-order valence-corrected chi connectivity index (χ0v) is 17.7. The number of pyridine rings is 1. The predicted molar refractivity (Wildman–Crippen MR) is 114 cm³/mol. The highest BCUT2D eigenvalue weighted by molar-refractivity contribution is 6.41. The van der Waals surface area contributed by atoms with Crippen LogP contribution in [0.25, 0.3) is 0 Å². The number of guanidine groups is 1. The molecule has 1 fully saturated rings. The Kier molecular flexibility index (Phi) is 7.42. The second kappa shape index (κ2) is 10.0. The van der Waals surface area contributed by atoms with Crippen LogP contribution in [0.1, 0.15) is 18.2 Å². The minimum Gasteiger partial charge on any atom is -0.378 e. The first-order chi connectivity index (χ1) is 13.6. The third-order valence-electron chi connectivity index (χ3n) is 4.58. The summed E-state index contributed by atoms with van der Waals surface area (Å²) in [7, 11) is 1.89. The molecule has 0 amide bonds. The fourth-order valence-corrected chi connectivity index (χ4v) is 3.47. The van der Waals surface area contributed by atoms with Gasteiger partial charge in [-0.3, -0.25) is 0 Å². The lowest BCUT2D eigenvalue weighted by molar-refractivity contribution is 0.122. The summed E-state index contributed by atoms with van der Waals surface area (Å²) in [6.07, 6.45) is 1.82. The van der Waals surface area contributed by atoms with Gasteiger partial charge in [0, 0.05) is 44.1 Å². The summed E-state index contributed by atoms with van der Waals surface area (Å²) in [5.74, 6) is 1.71. The van der Waals surface area contributed by atoms with Gasteiger partial charge in [0.05, 0.1) is 31.3 Å². The van der Waals surface area contributed by atoms with E-state index in [1.807, 2.05) is 36.9 Å². The maximum Gasteiger partial charge on any atom is 0.191 e. The third-order valence-corrected chi connectivity index (χ3v) is 5.42. The molecule has 0 aromatic carbocycles. The van der Waals surface area contributed by atoms with Crippen LogP contribution >= 0.6 is 23.2 Å². The minimum atomic E-state index is 0.532. The number of aliphatic imine (C=N–C) groups is 1. The Bertz CT molecular complexity index is 817. The maximum atomic E-state index is 6.14. The largest absolute Gasteiger partial charge is 0.378 e. The van der Waals surface area contributed by atoms with E-state index in [1.165, 1.54) is 0 Å². The third kappa shape index (κ3) is 5.10. The zero-order valence-electron chi connectivity index (χ0n) is 16.2. The summed E-state index contributed by atoms with van der Waals surface area (Å²) in [6, 6.07) is 5.88. The van der Waals surface area contributed by atoms with Gasteiger partial charge in [-0.25, -0.2) is 9.98 Å². The van der Waals surface area contributed by atoms with Crippen molar-refractivity contribution >= 4 is 35.0 Å². The van der Waals surface area contributed by atoms with E-state index < -0.39 is 0 Å². The Hall–Kier alpha value is -1.96. The van der Waals surface area contributed by atoms with Crippen LogP contribution < -0.4 is 15.5 Å². The first kappa shape index (κ1) is 20.8. The van der Waals surface area contributed by atoms with Gasteiger partial charge in [0.25, 0.3) is 0 Å². The van der Waals surface area contributed by atoms with Crippen LogP contribution in [0.5, 0.6) is 0 Å². The van der Waals surface area contributed by atoms with Gasteiger partial charge < -0.3 is 24.8 Å². The molecule has 0 radical (unpaired) electrons. The summed E-state index contributed by atoms with van der Waals surface area (Å²) < 4.78 is 7.31. The molecular formula is C19H26Cl2N6O. The number of halogens is 2. The van der Waals surface area contributed by atoms with Crippen LogP contribution in [0.3, 0.4) is 0 Å². The van der Waals surface area contributed by atoms with Crippen molar-refractivity contribution in [2.75, 3.05) is 37.7 Å². The highest BCUT2D eigenvalue weighted by Crippen LogP contribution is 2.25. The minimum absolute atomic E-state index is 0.532. The number of anilines is 1. The normalized spacial score (nSPS) is 15.0. The molecule has 0 spiro atoms. The molecule has 3 rings (SSSR count). The number of rotatable bonds is 6. The van der Waals surface area contributed by atoms with Crippen LogP contribution in [0.4, 0.5) is 5.82 Å². The van der Waals surface area contributed by atoms with Gasteiger partial charge in [-0.15, -0.1) is 0 Å². The van der Waals surface area contributed by atoms with E-state index in [1.54, 1.807) is 0 Å². The highest BCUT2D eigenvalue weighted by Gasteiger charge is 2.16. The Morgan fingerprint density at radius 3 is 2.75 bits per heavy atom. The quantitative estimate of drug-likeness (QED) is 0.551. The molecule has 1 aliphatic rings. The van der Waals surface area contributed by atoms with Crippen molar-refractivity contribution in [3.63, 3.8) is 0 Å². The molecule has 7 nitrogen and oxygen atoms in total. The van der Waals surface area contributed by atoms with Crippen LogP contribution in [-0.4, -0.2) is 48.4 Å². The topological polar surface area (TPSA) is 66.7 Å². The van der Waals surface area contributed by atoms with Crippen molar-refractivity contribution in [2.45, 2.75) is 20.0 Å². The van der Waals surface area contributed by atoms with Crippen molar-refractivity contribution in [1.82, 2.24) is 20.2 Å². The second-order valence-electron chi connectivity index (χ2n) is 6.47. The predicted octanol–water partition coefficient (Wildman–Crippen LogP) is 2.82. The van der Waals surface area contributed by atoms with E-state index in [4.69, 9.17) is 32.9 Å². The molecule has 1 aliphatic heterocycles. The Morgan fingerprint density at radius 2 is 2.07 bits per heavy atom. The van der Waals surface area contributed by atoms with Crippen LogP contribution in [0.15, 0.2) is 29.4 Å². The number of hydrogen-bond donors (Lipinski definition) is 2. The van der Waals surface area contributed by atoms with Gasteiger partial charge in [-0.05, 0) is 19.1 Å². The van der Waals surface area contributed by atoms with Gasteiger partial charge >= 0.3 is 0 Å². The molecule has 3 heterocycles. The van der Waals surface area contributed by atoms with Gasteiger partial charge in [0.2, 0.25) is 0 Å². The molecule has 0 saturated carbocycles. The van der Waals surface area contributed by atoms with E-state index in [9.17, 15) is 0 Å². The summed E-state index contributed by atoms with van der Waals surface area (Å²) in [6.45, 7) is 7.06. The summed E-state index contributed by atoms with van der Waals surface area (Å²) >= 11 is 12.2. The van der Waals surface area contributed by atoms with Crippen LogP contribution in [0.2, 0.25) is 10.2 Å². The maximum absolute atomic E-state index is 6.14. The molecule has 9 heteroatoms. The van der Waals surface area contributed by atoms with Crippen molar-refractivity contribution in [2.24, 2.45) is 12.0 Å². The second-order valence-corrected chi connectivity index (χ2v) is 7.23. The van der Waals surface area contributed by atoms with Gasteiger partial charge in [0.15, 0.2) is 5.96 Å². The fraction of sp³-hybridized carbons (Fsp3) is 0.474. The van der Waals surface area contributed by atoms with Gasteiger partial charge in [-0.2, -0.15) is 0 Å². The van der Waals surface area contributed by atoms with Gasteiger partial charge in [-0.1, -0.05) is 29.3 Å². The van der Waals surface area contributed by atoms with Crippen molar-refractivity contribution in [3.8, 4) is 0 Å². The number of nitrogens with zero attached hydrogens (tertiary/aromatic N) is 4. The number of ether oxygens (including phenoxy) is 1. The molecule has 2 aromatic heterocycles. The summed E-state index contributed by atoms with van der Waals surface area (Å²) in [4.78, 5) is 11.6. The molecular weight excluding hydrogens is 399 g/mol. The Labute approximate surface area is 175 Å². The van der Waals surface area contributed by atoms with Crippen LogP contribution in [-0.2, 0) is 24.9 Å². The Morgan fingerprint density at radius 1 is 1.29 bits per heavy atom. The van der Waals surface area contributed by atoms with Crippen molar-refractivity contribution in [1.29, 1.82) is 0 Å². The monoisotopic (exact) mass is 424 g/mol. The number of hydrogen-bond acceptors (Lipinski definition) is 4. The number of aromatic nitrogens is 2. The molecule has 1 saturated heterocycles. The molecule has 2 aromatic rings. The standard InChI is InChI=1S/C19H26Cl2N6O/c1-3-22-19(25-13-15-11-16(20)17(21)26(15)2)24-12-14-5-4-6-23-18(14)27-7-9-28-10-8-27/h4-6,11H,3,7-10,12-13H2,1-2H3,(H2,22,24,25). The molecule has 0 atom stereocenters. The summed E-state index contributed by atoms with van der Waals surface area (Å²) in [5, 5.41) is 7.69. The zero-order chi connectivity index (χ0) is 19.9. The number of morpholine rings is 1. The highest BCUT2D eigenvalue weighted by atomic mass is 35.5. The smallest absolute Gasteiger partial charge is 0.191 e.